The minimum absolute atomic E-state index is 0.0323. The van der Waals surface area contributed by atoms with E-state index < -0.39 is 5.60 Å². The number of rotatable bonds is 1. The van der Waals surface area contributed by atoms with Crippen LogP contribution in [-0.4, -0.2) is 11.6 Å². The lowest BCUT2D eigenvalue weighted by Crippen LogP contribution is -2.26. The minimum atomic E-state index is -0.436. The fourth-order valence-corrected chi connectivity index (χ4v) is 1.89. The highest BCUT2D eigenvalue weighted by Gasteiger charge is 2.62. The van der Waals surface area contributed by atoms with Crippen molar-refractivity contribution in [2.24, 2.45) is 17.3 Å². The molecule has 2 atom stereocenters. The molecule has 1 aliphatic rings. The summed E-state index contributed by atoms with van der Waals surface area (Å²) in [6.45, 7) is 9.61. The predicted molar refractivity (Wildman–Crippen MR) is 60.2 cm³/mol. The van der Waals surface area contributed by atoms with Gasteiger partial charge in [-0.2, -0.15) is 0 Å². The van der Waals surface area contributed by atoms with E-state index in [4.69, 9.17) is 16.3 Å². The van der Waals surface area contributed by atoms with Crippen LogP contribution >= 0.6 is 11.6 Å². The zero-order valence-electron chi connectivity index (χ0n) is 9.85. The van der Waals surface area contributed by atoms with Crippen molar-refractivity contribution in [3.8, 4) is 11.3 Å². The Kier molecular flexibility index (Phi) is 3.07. The summed E-state index contributed by atoms with van der Waals surface area (Å²) in [5.74, 6) is 2.57. The number of halogens is 1. The van der Waals surface area contributed by atoms with Gasteiger partial charge >= 0.3 is 5.97 Å². The summed E-state index contributed by atoms with van der Waals surface area (Å²) in [5, 5.41) is 2.35. The maximum atomic E-state index is 11.8. The van der Waals surface area contributed by atoms with Crippen molar-refractivity contribution in [3.63, 3.8) is 0 Å². The number of hydrogen-bond acceptors (Lipinski definition) is 2. The molecule has 0 aromatic rings. The Morgan fingerprint density at radius 2 is 1.93 bits per heavy atom. The van der Waals surface area contributed by atoms with E-state index in [9.17, 15) is 4.79 Å². The van der Waals surface area contributed by atoms with Crippen LogP contribution in [0.4, 0.5) is 0 Å². The summed E-state index contributed by atoms with van der Waals surface area (Å²) in [6.07, 6.45) is 0. The van der Waals surface area contributed by atoms with Crippen molar-refractivity contribution in [1.82, 2.24) is 0 Å². The first kappa shape index (κ1) is 12.4. The second-order valence-electron chi connectivity index (χ2n) is 5.55. The number of esters is 1. The van der Waals surface area contributed by atoms with Crippen LogP contribution in [0.1, 0.15) is 34.6 Å². The average Bonchev–Trinajstić information content (AvgIpc) is 2.50. The predicted octanol–water partition coefficient (Wildman–Crippen LogP) is 2.80. The molecule has 0 bridgehead atoms. The smallest absolute Gasteiger partial charge is 0.311 e. The lowest BCUT2D eigenvalue weighted by molar-refractivity contribution is -0.157. The summed E-state index contributed by atoms with van der Waals surface area (Å²) >= 11 is 5.35. The zero-order valence-corrected chi connectivity index (χ0v) is 10.6. The molecule has 0 heterocycles. The second kappa shape index (κ2) is 3.72. The quantitative estimate of drug-likeness (QED) is 0.510. The first-order valence-electron chi connectivity index (χ1n) is 5.04. The molecular formula is C12H17ClO2. The Hall–Kier alpha value is -0.680. The largest absolute Gasteiger partial charge is 0.460 e. The highest BCUT2D eigenvalue weighted by Crippen LogP contribution is 2.58. The van der Waals surface area contributed by atoms with Crippen molar-refractivity contribution in [1.29, 1.82) is 0 Å². The molecule has 0 unspecified atom stereocenters. The topological polar surface area (TPSA) is 26.3 Å². The molecule has 1 saturated carbocycles. The van der Waals surface area contributed by atoms with Gasteiger partial charge in [0.1, 0.15) is 5.60 Å². The lowest BCUT2D eigenvalue weighted by Gasteiger charge is -2.19. The highest BCUT2D eigenvalue weighted by atomic mass is 35.5. The van der Waals surface area contributed by atoms with E-state index >= 15 is 0 Å². The Bertz CT molecular complexity index is 328. The van der Waals surface area contributed by atoms with Gasteiger partial charge in [-0.1, -0.05) is 19.8 Å². The zero-order chi connectivity index (χ0) is 11.9. The van der Waals surface area contributed by atoms with E-state index in [0.29, 0.717) is 0 Å². The van der Waals surface area contributed by atoms with Gasteiger partial charge in [0.25, 0.3) is 0 Å². The summed E-state index contributed by atoms with van der Waals surface area (Å²) in [5.41, 5.74) is -0.543. The SMILES string of the molecule is CC(C)(C)OC(=O)[C@@H]1[C@H](C#CCl)C1(C)C. The van der Waals surface area contributed by atoms with Crippen LogP contribution in [0.15, 0.2) is 0 Å². The molecule has 1 rings (SSSR count). The number of carbonyl (C=O) groups excluding carboxylic acids is 1. The Balaban J connectivity index is 2.67. The molecular weight excluding hydrogens is 212 g/mol. The molecule has 0 aromatic heterocycles. The number of ether oxygens (including phenoxy) is 1. The third-order valence-corrected chi connectivity index (χ3v) is 2.81. The van der Waals surface area contributed by atoms with Gasteiger partial charge in [-0.25, -0.2) is 0 Å². The molecule has 3 heteroatoms. The third-order valence-electron chi connectivity index (χ3n) is 2.70. The fourth-order valence-electron chi connectivity index (χ4n) is 1.77. The summed E-state index contributed by atoms with van der Waals surface area (Å²) in [7, 11) is 0. The molecule has 0 aliphatic heterocycles. The summed E-state index contributed by atoms with van der Waals surface area (Å²) < 4.78 is 5.32. The second-order valence-corrected chi connectivity index (χ2v) is 5.74. The van der Waals surface area contributed by atoms with Crippen molar-refractivity contribution >= 4 is 17.6 Å². The van der Waals surface area contributed by atoms with Crippen LogP contribution in [0.2, 0.25) is 0 Å². The van der Waals surface area contributed by atoms with E-state index in [1.807, 2.05) is 34.6 Å². The molecule has 0 aromatic carbocycles. The van der Waals surface area contributed by atoms with Crippen LogP contribution in [0, 0.1) is 28.6 Å². The van der Waals surface area contributed by atoms with Crippen LogP contribution in [-0.2, 0) is 9.53 Å². The monoisotopic (exact) mass is 228 g/mol. The van der Waals surface area contributed by atoms with Gasteiger partial charge in [0.15, 0.2) is 0 Å². The van der Waals surface area contributed by atoms with E-state index in [2.05, 4.69) is 11.3 Å². The molecule has 2 nitrogen and oxygen atoms in total. The van der Waals surface area contributed by atoms with Crippen LogP contribution < -0.4 is 0 Å². The van der Waals surface area contributed by atoms with Crippen LogP contribution in [0.25, 0.3) is 0 Å². The molecule has 0 spiro atoms. The molecule has 15 heavy (non-hydrogen) atoms. The molecule has 84 valence electrons. The maximum absolute atomic E-state index is 11.8. The van der Waals surface area contributed by atoms with Gasteiger partial charge in [0.2, 0.25) is 0 Å². The van der Waals surface area contributed by atoms with Crippen molar-refractivity contribution < 1.29 is 9.53 Å². The van der Waals surface area contributed by atoms with Crippen molar-refractivity contribution in [3.05, 3.63) is 0 Å². The van der Waals surface area contributed by atoms with Gasteiger partial charge < -0.3 is 4.74 Å². The first-order chi connectivity index (χ1) is 6.70. The Labute approximate surface area is 96.3 Å². The molecule has 1 aliphatic carbocycles. The van der Waals surface area contributed by atoms with Crippen molar-refractivity contribution in [2.75, 3.05) is 0 Å². The number of hydrogen-bond donors (Lipinski definition) is 0. The van der Waals surface area contributed by atoms with Gasteiger partial charge in [0.05, 0.1) is 5.92 Å². The van der Waals surface area contributed by atoms with E-state index in [0.717, 1.165) is 0 Å². The average molecular weight is 229 g/mol. The summed E-state index contributed by atoms with van der Waals surface area (Å²) in [6, 6.07) is 0. The normalized spacial score (nSPS) is 27.6. The third kappa shape index (κ3) is 2.66. The van der Waals surface area contributed by atoms with E-state index in [-0.39, 0.29) is 23.2 Å². The molecule has 0 amide bonds. The molecule has 0 N–H and O–H groups in total. The maximum Gasteiger partial charge on any atom is 0.311 e. The summed E-state index contributed by atoms with van der Waals surface area (Å²) in [4.78, 5) is 11.8. The molecule has 0 radical (unpaired) electrons. The molecule has 0 saturated heterocycles. The fraction of sp³-hybridized carbons (Fsp3) is 0.750. The Morgan fingerprint density at radius 1 is 1.40 bits per heavy atom. The van der Waals surface area contributed by atoms with Gasteiger partial charge in [-0.15, -0.1) is 0 Å². The first-order valence-corrected chi connectivity index (χ1v) is 5.42. The molecule has 1 fully saturated rings. The van der Waals surface area contributed by atoms with E-state index in [1.165, 1.54) is 0 Å². The van der Waals surface area contributed by atoms with Crippen molar-refractivity contribution in [2.45, 2.75) is 40.2 Å². The van der Waals surface area contributed by atoms with Crippen LogP contribution in [0.5, 0.6) is 0 Å². The van der Waals surface area contributed by atoms with Gasteiger partial charge in [-0.3, -0.25) is 4.79 Å². The van der Waals surface area contributed by atoms with Gasteiger partial charge in [-0.05, 0) is 37.8 Å². The minimum Gasteiger partial charge on any atom is -0.460 e. The Morgan fingerprint density at radius 3 is 2.33 bits per heavy atom. The standard InChI is InChI=1S/C12H17ClO2/c1-11(2,3)15-10(14)9-8(6-7-13)12(9,4)5/h8-9H,1-5H3/t8-,9-/m0/s1. The van der Waals surface area contributed by atoms with E-state index in [1.54, 1.807) is 0 Å². The number of carbonyl (C=O) groups is 1. The van der Waals surface area contributed by atoms with Crippen LogP contribution in [0.3, 0.4) is 0 Å². The lowest BCUT2D eigenvalue weighted by atomic mass is 10.1. The highest BCUT2D eigenvalue weighted by molar-refractivity contribution is 6.30. The van der Waals surface area contributed by atoms with Gasteiger partial charge in [0, 0.05) is 11.3 Å².